The molecule has 7 heteroatoms. The maximum atomic E-state index is 9.86. The van der Waals surface area contributed by atoms with Gasteiger partial charge in [0, 0.05) is 18.1 Å². The molecule has 0 aliphatic rings. The molecule has 0 spiro atoms. The molecule has 0 aromatic heterocycles. The topological polar surface area (TPSA) is 90.2 Å². The number of hydrogen-bond donors (Lipinski definition) is 4. The Morgan fingerprint density at radius 2 is 1.59 bits per heavy atom. The van der Waals surface area contributed by atoms with E-state index in [1.54, 1.807) is 6.07 Å². The van der Waals surface area contributed by atoms with Crippen molar-refractivity contribution < 1.29 is 25.2 Å². The van der Waals surface area contributed by atoms with Gasteiger partial charge in [-0.1, -0.05) is 0 Å². The van der Waals surface area contributed by atoms with E-state index in [9.17, 15) is 20.4 Å². The summed E-state index contributed by atoms with van der Waals surface area (Å²) in [4.78, 5) is 0. The van der Waals surface area contributed by atoms with Crippen molar-refractivity contribution in [2.24, 2.45) is 0 Å². The molecule has 0 aliphatic carbocycles. The van der Waals surface area contributed by atoms with Crippen LogP contribution in [0.25, 0.3) is 0 Å². The van der Waals surface area contributed by atoms with Crippen molar-refractivity contribution in [1.82, 2.24) is 0 Å². The van der Waals surface area contributed by atoms with Crippen molar-refractivity contribution in [2.45, 2.75) is 13.3 Å². The highest BCUT2D eigenvalue weighted by Crippen LogP contribution is 2.43. The Morgan fingerprint density at radius 3 is 2.18 bits per heavy atom. The number of aromatic hydroxyl groups is 4. The van der Waals surface area contributed by atoms with Gasteiger partial charge in [0.15, 0.2) is 23.0 Å². The first-order chi connectivity index (χ1) is 10.3. The van der Waals surface area contributed by atoms with Crippen LogP contribution in [0.5, 0.6) is 28.7 Å². The lowest BCUT2D eigenvalue weighted by Crippen LogP contribution is -1.99. The van der Waals surface area contributed by atoms with Crippen LogP contribution in [0.1, 0.15) is 18.1 Å². The van der Waals surface area contributed by atoms with Gasteiger partial charge in [-0.3, -0.25) is 0 Å². The molecule has 0 bridgehead atoms. The quantitative estimate of drug-likeness (QED) is 0.546. The van der Waals surface area contributed by atoms with Gasteiger partial charge in [0.2, 0.25) is 0 Å². The second-order valence-electron chi connectivity index (χ2n) is 4.59. The maximum Gasteiger partial charge on any atom is 0.172 e. The molecular weight excluding hydrogens is 420 g/mol. The Bertz CT molecular complexity index is 693. The number of hydrogen-bond acceptors (Lipinski definition) is 5. The number of phenols is 4. The van der Waals surface area contributed by atoms with Crippen LogP contribution < -0.4 is 4.74 Å². The summed E-state index contributed by atoms with van der Waals surface area (Å²) in [6.45, 7) is 2.21. The summed E-state index contributed by atoms with van der Waals surface area (Å²) in [5, 5.41) is 38.8. The highest BCUT2D eigenvalue weighted by Gasteiger charge is 2.18. The Kier molecular flexibility index (Phi) is 5.08. The van der Waals surface area contributed by atoms with E-state index in [-0.39, 0.29) is 23.0 Å². The van der Waals surface area contributed by atoms with Crippen LogP contribution in [0.3, 0.4) is 0 Å². The van der Waals surface area contributed by atoms with Gasteiger partial charge in [0.05, 0.1) is 15.6 Å². The standard InChI is InChI=1S/C15H14Br2O5/c1-2-22-12-6-11(19)15(21)13(17)8(12)3-7-4-9(16)14(20)10(18)5-7/h4-6,18-21H,2-3H2,1H3. The van der Waals surface area contributed by atoms with E-state index >= 15 is 0 Å². The second kappa shape index (κ2) is 6.66. The first-order valence-electron chi connectivity index (χ1n) is 6.41. The summed E-state index contributed by atoms with van der Waals surface area (Å²) in [5.74, 6) is -0.620. The number of phenolic OH excluding ortho intramolecular Hbond substituents is 4. The SMILES string of the molecule is CCOc1cc(O)c(O)c(Br)c1Cc1cc(O)c(O)c(Br)c1. The highest BCUT2D eigenvalue weighted by molar-refractivity contribution is 9.11. The van der Waals surface area contributed by atoms with Crippen molar-refractivity contribution >= 4 is 31.9 Å². The van der Waals surface area contributed by atoms with Gasteiger partial charge in [-0.15, -0.1) is 0 Å². The lowest BCUT2D eigenvalue weighted by Gasteiger charge is -2.15. The normalized spacial score (nSPS) is 10.7. The number of halogens is 2. The molecule has 22 heavy (non-hydrogen) atoms. The van der Waals surface area contributed by atoms with Crippen LogP contribution in [-0.2, 0) is 6.42 Å². The van der Waals surface area contributed by atoms with Gasteiger partial charge >= 0.3 is 0 Å². The van der Waals surface area contributed by atoms with Crippen LogP contribution in [0, 0.1) is 0 Å². The van der Waals surface area contributed by atoms with Crippen LogP contribution >= 0.6 is 31.9 Å². The number of ether oxygens (including phenoxy) is 1. The Morgan fingerprint density at radius 1 is 0.955 bits per heavy atom. The third kappa shape index (κ3) is 3.25. The molecule has 2 aromatic rings. The van der Waals surface area contributed by atoms with E-state index in [1.165, 1.54) is 12.1 Å². The summed E-state index contributed by atoms with van der Waals surface area (Å²) in [6.07, 6.45) is 0.316. The van der Waals surface area contributed by atoms with Gasteiger partial charge in [0.1, 0.15) is 5.75 Å². The maximum absolute atomic E-state index is 9.86. The zero-order valence-electron chi connectivity index (χ0n) is 11.6. The molecule has 0 radical (unpaired) electrons. The third-order valence-corrected chi connectivity index (χ3v) is 4.52. The second-order valence-corrected chi connectivity index (χ2v) is 6.24. The average Bonchev–Trinajstić information content (AvgIpc) is 2.46. The monoisotopic (exact) mass is 432 g/mol. The van der Waals surface area contributed by atoms with Gasteiger partial charge < -0.3 is 25.2 Å². The first kappa shape index (κ1) is 16.8. The molecule has 0 atom stereocenters. The van der Waals surface area contributed by atoms with Gasteiger partial charge in [-0.25, -0.2) is 0 Å². The first-order valence-corrected chi connectivity index (χ1v) is 8.00. The smallest absolute Gasteiger partial charge is 0.172 e. The van der Waals surface area contributed by atoms with E-state index in [0.29, 0.717) is 38.8 Å². The predicted molar refractivity (Wildman–Crippen MR) is 88.9 cm³/mol. The van der Waals surface area contributed by atoms with Gasteiger partial charge in [-0.05, 0) is 56.5 Å². The molecule has 0 unspecified atom stereocenters. The molecule has 0 aliphatic heterocycles. The largest absolute Gasteiger partial charge is 0.504 e. The predicted octanol–water partition coefficient (Wildman–Crippen LogP) is 4.02. The summed E-state index contributed by atoms with van der Waals surface area (Å²) < 4.78 is 6.17. The van der Waals surface area contributed by atoms with Crippen molar-refractivity contribution in [2.75, 3.05) is 6.61 Å². The molecule has 2 aromatic carbocycles. The molecule has 2 rings (SSSR count). The fourth-order valence-corrected chi connectivity index (χ4v) is 3.07. The summed E-state index contributed by atoms with van der Waals surface area (Å²) in [6, 6.07) is 4.42. The van der Waals surface area contributed by atoms with E-state index in [0.717, 1.165) is 0 Å². The van der Waals surface area contributed by atoms with E-state index in [2.05, 4.69) is 31.9 Å². The van der Waals surface area contributed by atoms with Crippen LogP contribution in [0.15, 0.2) is 27.1 Å². The summed E-state index contributed by atoms with van der Waals surface area (Å²) in [5.41, 5.74) is 1.31. The van der Waals surface area contributed by atoms with Crippen molar-refractivity contribution in [3.63, 3.8) is 0 Å². The molecule has 4 N–H and O–H groups in total. The minimum absolute atomic E-state index is 0.235. The van der Waals surface area contributed by atoms with E-state index < -0.39 is 0 Å². The lowest BCUT2D eigenvalue weighted by atomic mass is 10.0. The van der Waals surface area contributed by atoms with Crippen molar-refractivity contribution in [3.05, 3.63) is 38.3 Å². The van der Waals surface area contributed by atoms with E-state index in [4.69, 9.17) is 4.74 Å². The fraction of sp³-hybridized carbons (Fsp3) is 0.200. The van der Waals surface area contributed by atoms with Gasteiger partial charge in [-0.2, -0.15) is 0 Å². The highest BCUT2D eigenvalue weighted by atomic mass is 79.9. The molecule has 0 heterocycles. The molecular formula is C15H14Br2O5. The fourth-order valence-electron chi connectivity index (χ4n) is 2.04. The molecule has 5 nitrogen and oxygen atoms in total. The Labute approximate surface area is 144 Å². The molecule has 0 fully saturated rings. The summed E-state index contributed by atoms with van der Waals surface area (Å²) in [7, 11) is 0. The Balaban J connectivity index is 2.51. The van der Waals surface area contributed by atoms with Gasteiger partial charge in [0.25, 0.3) is 0 Å². The third-order valence-electron chi connectivity index (χ3n) is 3.06. The Hall–Kier alpha value is -1.60. The van der Waals surface area contributed by atoms with Crippen LogP contribution in [0.4, 0.5) is 0 Å². The summed E-state index contributed by atoms with van der Waals surface area (Å²) >= 11 is 6.41. The molecule has 0 saturated heterocycles. The average molecular weight is 434 g/mol. The van der Waals surface area contributed by atoms with E-state index in [1.807, 2.05) is 6.92 Å². The lowest BCUT2D eigenvalue weighted by molar-refractivity contribution is 0.330. The van der Waals surface area contributed by atoms with Crippen LogP contribution in [-0.4, -0.2) is 27.0 Å². The minimum Gasteiger partial charge on any atom is -0.504 e. The molecule has 118 valence electrons. The van der Waals surface area contributed by atoms with Crippen LogP contribution in [0.2, 0.25) is 0 Å². The minimum atomic E-state index is -0.284. The van der Waals surface area contributed by atoms with Crippen molar-refractivity contribution in [3.8, 4) is 28.7 Å². The zero-order valence-corrected chi connectivity index (χ0v) is 14.8. The zero-order chi connectivity index (χ0) is 16.4. The molecule has 0 saturated carbocycles. The molecule has 0 amide bonds. The number of rotatable bonds is 4. The number of benzene rings is 2. The van der Waals surface area contributed by atoms with Crippen molar-refractivity contribution in [1.29, 1.82) is 0 Å².